The van der Waals surface area contributed by atoms with Crippen LogP contribution >= 0.6 is 15.9 Å². The van der Waals surface area contributed by atoms with Gasteiger partial charge in [-0.15, -0.1) is 0 Å². The van der Waals surface area contributed by atoms with E-state index in [0.29, 0.717) is 42.8 Å². The van der Waals surface area contributed by atoms with Gasteiger partial charge in [0.05, 0.1) is 21.9 Å². The highest BCUT2D eigenvalue weighted by atomic mass is 79.9. The molecule has 0 spiro atoms. The van der Waals surface area contributed by atoms with Gasteiger partial charge in [0.1, 0.15) is 12.0 Å². The molecular weight excluding hydrogens is 342 g/mol. The highest BCUT2D eigenvalue weighted by Gasteiger charge is 2.27. The van der Waals surface area contributed by atoms with Gasteiger partial charge in [0.2, 0.25) is 0 Å². The van der Waals surface area contributed by atoms with E-state index < -0.39 is 4.92 Å². The molecule has 0 atom stereocenters. The standard InChI is InChI=1S/C13H16BrN3O4/c1-2-21-13(18)9-3-5-16(6-4-9)12-11(14)7-10(8-15-12)17(19)20/h7-9H,2-6H2,1H3. The van der Waals surface area contributed by atoms with Crippen LogP contribution in [0, 0.1) is 16.0 Å². The molecule has 0 aliphatic carbocycles. The third kappa shape index (κ3) is 3.69. The average molecular weight is 358 g/mol. The van der Waals surface area contributed by atoms with E-state index in [0.717, 1.165) is 0 Å². The van der Waals surface area contributed by atoms with E-state index in [4.69, 9.17) is 4.74 Å². The zero-order chi connectivity index (χ0) is 15.4. The molecule has 21 heavy (non-hydrogen) atoms. The van der Waals surface area contributed by atoms with Crippen molar-refractivity contribution in [3.05, 3.63) is 26.9 Å². The summed E-state index contributed by atoms with van der Waals surface area (Å²) in [4.78, 5) is 28.1. The summed E-state index contributed by atoms with van der Waals surface area (Å²) in [5.74, 6) is 0.453. The maximum atomic E-state index is 11.7. The second-order valence-corrected chi connectivity index (χ2v) is 5.62. The first-order valence-electron chi connectivity index (χ1n) is 6.74. The Morgan fingerprint density at radius 1 is 1.57 bits per heavy atom. The van der Waals surface area contributed by atoms with Crippen LogP contribution in [-0.4, -0.2) is 35.6 Å². The van der Waals surface area contributed by atoms with Gasteiger partial charge >= 0.3 is 5.97 Å². The molecule has 7 nitrogen and oxygen atoms in total. The Morgan fingerprint density at radius 3 is 2.76 bits per heavy atom. The molecule has 8 heteroatoms. The number of hydrogen-bond acceptors (Lipinski definition) is 6. The Balaban J connectivity index is 2.02. The molecule has 0 unspecified atom stereocenters. The lowest BCUT2D eigenvalue weighted by Gasteiger charge is -2.32. The maximum Gasteiger partial charge on any atom is 0.309 e. The SMILES string of the molecule is CCOC(=O)C1CCN(c2ncc([N+](=O)[O-])cc2Br)CC1. The van der Waals surface area contributed by atoms with Crippen LogP contribution in [0.3, 0.4) is 0 Å². The number of anilines is 1. The van der Waals surface area contributed by atoms with E-state index in [1.807, 2.05) is 4.90 Å². The largest absolute Gasteiger partial charge is 0.466 e. The van der Waals surface area contributed by atoms with Gasteiger partial charge in [-0.25, -0.2) is 4.98 Å². The summed E-state index contributed by atoms with van der Waals surface area (Å²) in [5, 5.41) is 10.7. The normalized spacial score (nSPS) is 15.8. The first kappa shape index (κ1) is 15.7. The van der Waals surface area contributed by atoms with Gasteiger partial charge in [-0.1, -0.05) is 0 Å². The monoisotopic (exact) mass is 357 g/mol. The number of carbonyl (C=O) groups is 1. The minimum atomic E-state index is -0.478. The molecule has 0 N–H and O–H groups in total. The minimum Gasteiger partial charge on any atom is -0.466 e. The number of hydrogen-bond donors (Lipinski definition) is 0. The number of carbonyl (C=O) groups excluding carboxylic acids is 1. The third-order valence-corrected chi connectivity index (χ3v) is 4.02. The van der Waals surface area contributed by atoms with Gasteiger partial charge in [-0.05, 0) is 35.7 Å². The number of rotatable bonds is 4. The summed E-state index contributed by atoms with van der Waals surface area (Å²) < 4.78 is 5.62. The smallest absolute Gasteiger partial charge is 0.309 e. The topological polar surface area (TPSA) is 85.6 Å². The van der Waals surface area contributed by atoms with E-state index in [1.54, 1.807) is 6.92 Å². The number of piperidine rings is 1. The van der Waals surface area contributed by atoms with Crippen molar-refractivity contribution in [2.45, 2.75) is 19.8 Å². The van der Waals surface area contributed by atoms with Crippen molar-refractivity contribution in [1.82, 2.24) is 4.98 Å². The van der Waals surface area contributed by atoms with Crippen LogP contribution < -0.4 is 4.90 Å². The van der Waals surface area contributed by atoms with Gasteiger partial charge in [0, 0.05) is 19.2 Å². The van der Waals surface area contributed by atoms with Gasteiger partial charge in [-0.2, -0.15) is 0 Å². The van der Waals surface area contributed by atoms with Crippen LogP contribution in [0.1, 0.15) is 19.8 Å². The van der Waals surface area contributed by atoms with Crippen molar-refractivity contribution in [3.63, 3.8) is 0 Å². The van der Waals surface area contributed by atoms with E-state index in [2.05, 4.69) is 20.9 Å². The molecule has 1 saturated heterocycles. The van der Waals surface area contributed by atoms with Gasteiger partial charge in [0.25, 0.3) is 5.69 Å². The first-order valence-corrected chi connectivity index (χ1v) is 7.53. The predicted octanol–water partition coefficient (Wildman–Crippen LogP) is 2.53. The Morgan fingerprint density at radius 2 is 2.24 bits per heavy atom. The summed E-state index contributed by atoms with van der Waals surface area (Å²) in [6.45, 7) is 3.54. The lowest BCUT2D eigenvalue weighted by Crippen LogP contribution is -2.37. The molecule has 0 radical (unpaired) electrons. The van der Waals surface area contributed by atoms with Gasteiger partial charge < -0.3 is 9.64 Å². The number of ether oxygens (including phenoxy) is 1. The van der Waals surface area contributed by atoms with Crippen LogP contribution in [0.2, 0.25) is 0 Å². The number of nitrogens with zero attached hydrogens (tertiary/aromatic N) is 3. The Hall–Kier alpha value is -1.70. The summed E-state index contributed by atoms with van der Waals surface area (Å²) in [6.07, 6.45) is 2.64. The third-order valence-electron chi connectivity index (χ3n) is 3.43. The molecular formula is C13H16BrN3O4. The summed E-state index contributed by atoms with van der Waals surface area (Å²) >= 11 is 3.32. The second kappa shape index (κ2) is 6.84. The summed E-state index contributed by atoms with van der Waals surface area (Å²) in [5.41, 5.74) is -0.0490. The second-order valence-electron chi connectivity index (χ2n) is 4.77. The molecule has 0 aromatic carbocycles. The van der Waals surface area contributed by atoms with Gasteiger partial charge in [-0.3, -0.25) is 14.9 Å². The Bertz CT molecular complexity index is 544. The molecule has 2 rings (SSSR count). The summed E-state index contributed by atoms with van der Waals surface area (Å²) in [7, 11) is 0. The van der Waals surface area contributed by atoms with Crippen molar-refractivity contribution in [3.8, 4) is 0 Å². The van der Waals surface area contributed by atoms with Crippen molar-refractivity contribution in [1.29, 1.82) is 0 Å². The fourth-order valence-corrected chi connectivity index (χ4v) is 2.93. The number of esters is 1. The molecule has 0 amide bonds. The number of nitro groups is 1. The highest BCUT2D eigenvalue weighted by molar-refractivity contribution is 9.10. The molecule has 1 aromatic rings. The molecule has 1 aliphatic heterocycles. The van der Waals surface area contributed by atoms with Crippen LogP contribution in [0.5, 0.6) is 0 Å². The molecule has 0 bridgehead atoms. The molecule has 114 valence electrons. The minimum absolute atomic E-state index is 0.0490. The fourth-order valence-electron chi connectivity index (χ4n) is 2.34. The lowest BCUT2D eigenvalue weighted by molar-refractivity contribution is -0.385. The predicted molar refractivity (Wildman–Crippen MR) is 80.2 cm³/mol. The van der Waals surface area contributed by atoms with Crippen molar-refractivity contribution >= 4 is 33.4 Å². The molecule has 2 heterocycles. The van der Waals surface area contributed by atoms with E-state index in [9.17, 15) is 14.9 Å². The maximum absolute atomic E-state index is 11.7. The molecule has 0 saturated carbocycles. The summed E-state index contributed by atoms with van der Waals surface area (Å²) in [6, 6.07) is 1.44. The van der Waals surface area contributed by atoms with Crippen LogP contribution in [0.25, 0.3) is 0 Å². The number of aromatic nitrogens is 1. The van der Waals surface area contributed by atoms with Crippen molar-refractivity contribution < 1.29 is 14.5 Å². The number of pyridine rings is 1. The van der Waals surface area contributed by atoms with E-state index in [1.165, 1.54) is 12.3 Å². The molecule has 1 aliphatic rings. The molecule has 1 fully saturated rings. The van der Waals surface area contributed by atoms with Crippen molar-refractivity contribution in [2.75, 3.05) is 24.6 Å². The zero-order valence-electron chi connectivity index (χ0n) is 11.6. The average Bonchev–Trinajstić information content (AvgIpc) is 2.47. The fraction of sp³-hybridized carbons (Fsp3) is 0.538. The Labute approximate surface area is 130 Å². The highest BCUT2D eigenvalue weighted by Crippen LogP contribution is 2.30. The Kier molecular flexibility index (Phi) is 5.11. The lowest BCUT2D eigenvalue weighted by atomic mass is 9.97. The van der Waals surface area contributed by atoms with Crippen molar-refractivity contribution in [2.24, 2.45) is 5.92 Å². The van der Waals surface area contributed by atoms with Gasteiger partial charge in [0.15, 0.2) is 0 Å². The first-order chi connectivity index (χ1) is 10.0. The number of halogens is 1. The zero-order valence-corrected chi connectivity index (χ0v) is 13.2. The van der Waals surface area contributed by atoms with Crippen LogP contribution in [-0.2, 0) is 9.53 Å². The van der Waals surface area contributed by atoms with Crippen LogP contribution in [0.15, 0.2) is 16.7 Å². The molecule has 1 aromatic heterocycles. The van der Waals surface area contributed by atoms with Crippen LogP contribution in [0.4, 0.5) is 11.5 Å². The van der Waals surface area contributed by atoms with E-state index >= 15 is 0 Å². The quantitative estimate of drug-likeness (QED) is 0.467. The van der Waals surface area contributed by atoms with E-state index in [-0.39, 0.29) is 17.6 Å².